The van der Waals surface area contributed by atoms with Gasteiger partial charge in [0.25, 0.3) is 5.91 Å². The van der Waals surface area contributed by atoms with Gasteiger partial charge in [-0.25, -0.2) is 15.4 Å². The maximum atomic E-state index is 12.7. The van der Waals surface area contributed by atoms with Crippen molar-refractivity contribution in [2.75, 3.05) is 38.6 Å². The Morgan fingerprint density at radius 2 is 1.82 bits per heavy atom. The Bertz CT molecular complexity index is 1140. The van der Waals surface area contributed by atoms with Gasteiger partial charge < -0.3 is 15.4 Å². The Balaban J connectivity index is 1.61. The van der Waals surface area contributed by atoms with E-state index in [0.717, 1.165) is 49.7 Å². The van der Waals surface area contributed by atoms with E-state index in [1.54, 1.807) is 14.0 Å². The number of methoxy groups -OCH3 is 1. The normalized spacial score (nSPS) is 13.8. The van der Waals surface area contributed by atoms with Crippen molar-refractivity contribution in [2.24, 2.45) is 5.10 Å². The Morgan fingerprint density at radius 3 is 2.47 bits per heavy atom. The number of ether oxygens (including phenoxy) is 1. The highest BCUT2D eigenvalue weighted by molar-refractivity contribution is 6.00. The van der Waals surface area contributed by atoms with Crippen LogP contribution in [0.4, 0.5) is 11.5 Å². The molecule has 0 saturated carbocycles. The number of amides is 1. The van der Waals surface area contributed by atoms with Gasteiger partial charge in [0.2, 0.25) is 0 Å². The van der Waals surface area contributed by atoms with Crippen LogP contribution < -0.4 is 20.8 Å². The second kappa shape index (κ2) is 10.9. The average molecular weight is 460 g/mol. The minimum absolute atomic E-state index is 0.314. The number of carbonyl (C=O) groups is 1. The largest absolute Gasteiger partial charge is 0.497 e. The third-order valence-electron chi connectivity index (χ3n) is 5.68. The second-order valence-corrected chi connectivity index (χ2v) is 8.03. The summed E-state index contributed by atoms with van der Waals surface area (Å²) in [4.78, 5) is 24.4. The smallest absolute Gasteiger partial charge is 0.276 e. The van der Waals surface area contributed by atoms with E-state index in [4.69, 9.17) is 4.74 Å². The highest BCUT2D eigenvalue weighted by Gasteiger charge is 2.20. The molecule has 0 bridgehead atoms. The summed E-state index contributed by atoms with van der Waals surface area (Å²) in [5.74, 6) is 1.22. The van der Waals surface area contributed by atoms with Gasteiger partial charge in [-0.3, -0.25) is 9.69 Å². The van der Waals surface area contributed by atoms with Crippen molar-refractivity contribution < 1.29 is 9.53 Å². The van der Waals surface area contributed by atoms with E-state index in [2.05, 4.69) is 54.9 Å². The first kappa shape index (κ1) is 23.3. The molecule has 4 rings (SSSR count). The number of aromatic nitrogens is 2. The van der Waals surface area contributed by atoms with Crippen LogP contribution in [-0.2, 0) is 6.54 Å². The molecule has 1 amide bonds. The van der Waals surface area contributed by atoms with Gasteiger partial charge in [0.05, 0.1) is 12.8 Å². The molecule has 0 aliphatic carbocycles. The van der Waals surface area contributed by atoms with E-state index in [-0.39, 0.29) is 0 Å². The van der Waals surface area contributed by atoms with Gasteiger partial charge in [0.1, 0.15) is 17.1 Å². The topological polar surface area (TPSA) is 104 Å². The van der Waals surface area contributed by atoms with Crippen molar-refractivity contribution in [1.82, 2.24) is 25.6 Å². The van der Waals surface area contributed by atoms with Crippen LogP contribution in [0.25, 0.3) is 11.4 Å². The van der Waals surface area contributed by atoms with Crippen molar-refractivity contribution in [1.29, 1.82) is 0 Å². The van der Waals surface area contributed by atoms with Crippen molar-refractivity contribution in [2.45, 2.75) is 13.5 Å². The van der Waals surface area contributed by atoms with Crippen LogP contribution in [0.2, 0.25) is 0 Å². The van der Waals surface area contributed by atoms with Crippen LogP contribution in [0, 0.1) is 6.92 Å². The highest BCUT2D eigenvalue weighted by atomic mass is 16.5. The summed E-state index contributed by atoms with van der Waals surface area (Å²) in [7, 11) is 1.62. The number of nitrogens with one attached hydrogen (secondary N) is 3. The van der Waals surface area contributed by atoms with Crippen molar-refractivity contribution in [3.8, 4) is 17.1 Å². The van der Waals surface area contributed by atoms with E-state index >= 15 is 0 Å². The molecule has 1 fully saturated rings. The fraction of sp³-hybridized carbons (Fsp3) is 0.280. The van der Waals surface area contributed by atoms with Crippen LogP contribution in [0.1, 0.15) is 21.6 Å². The highest BCUT2D eigenvalue weighted by Crippen LogP contribution is 2.27. The van der Waals surface area contributed by atoms with Crippen LogP contribution in [-0.4, -0.2) is 60.8 Å². The van der Waals surface area contributed by atoms with Gasteiger partial charge in [-0.15, -0.1) is 0 Å². The van der Waals surface area contributed by atoms with E-state index in [1.165, 1.54) is 5.56 Å². The van der Waals surface area contributed by atoms with E-state index in [0.29, 0.717) is 22.9 Å². The van der Waals surface area contributed by atoms with Crippen LogP contribution in [0.15, 0.2) is 53.6 Å². The summed E-state index contributed by atoms with van der Waals surface area (Å²) < 4.78 is 5.24. The predicted molar refractivity (Wildman–Crippen MR) is 134 cm³/mol. The first-order chi connectivity index (χ1) is 16.6. The van der Waals surface area contributed by atoms with Gasteiger partial charge in [0.15, 0.2) is 5.82 Å². The molecule has 1 saturated heterocycles. The molecule has 1 aliphatic rings. The zero-order chi connectivity index (χ0) is 23.9. The lowest BCUT2D eigenvalue weighted by Gasteiger charge is -2.27. The Morgan fingerprint density at radius 1 is 1.12 bits per heavy atom. The second-order valence-electron chi connectivity index (χ2n) is 8.03. The number of carbonyl (C=O) groups excluding carboxylic acids is 1. The standard InChI is InChI=1S/C25H29N7O2/c1-17-22(25(33)31-26-2)24(30-23(28-17)19-6-10-21(34-3)11-7-19)29-20-8-4-18(5-9-20)16-32-14-12-27-13-15-32/h4-11,27H,2,12-16H2,1,3H3,(H,31,33)(H,28,29,30). The molecule has 0 atom stereocenters. The molecule has 0 unspecified atom stereocenters. The molecule has 3 N–H and O–H groups in total. The fourth-order valence-electron chi connectivity index (χ4n) is 3.89. The predicted octanol–water partition coefficient (Wildman–Crippen LogP) is 2.95. The maximum Gasteiger partial charge on any atom is 0.276 e. The van der Waals surface area contributed by atoms with E-state index < -0.39 is 5.91 Å². The number of rotatable bonds is 8. The minimum Gasteiger partial charge on any atom is -0.497 e. The van der Waals surface area contributed by atoms with Crippen LogP contribution in [0.5, 0.6) is 5.75 Å². The summed E-state index contributed by atoms with van der Waals surface area (Å²) in [6.07, 6.45) is 0. The van der Waals surface area contributed by atoms with Crippen molar-refractivity contribution in [3.63, 3.8) is 0 Å². The first-order valence-electron chi connectivity index (χ1n) is 11.2. The Hall–Kier alpha value is -3.82. The van der Waals surface area contributed by atoms with Gasteiger partial charge in [0, 0.05) is 50.7 Å². The monoisotopic (exact) mass is 459 g/mol. The summed E-state index contributed by atoms with van der Waals surface area (Å²) in [6.45, 7) is 10.2. The summed E-state index contributed by atoms with van der Waals surface area (Å²) in [5, 5.41) is 10.2. The van der Waals surface area contributed by atoms with E-state index in [1.807, 2.05) is 36.4 Å². The van der Waals surface area contributed by atoms with Gasteiger partial charge in [-0.05, 0) is 48.9 Å². The molecule has 176 valence electrons. The van der Waals surface area contributed by atoms with Gasteiger partial charge >= 0.3 is 0 Å². The van der Waals surface area contributed by atoms with E-state index in [9.17, 15) is 4.79 Å². The van der Waals surface area contributed by atoms with Crippen LogP contribution in [0.3, 0.4) is 0 Å². The molecular weight excluding hydrogens is 430 g/mol. The summed E-state index contributed by atoms with van der Waals surface area (Å²) >= 11 is 0. The molecule has 3 aromatic rings. The van der Waals surface area contributed by atoms with Crippen molar-refractivity contribution >= 4 is 24.1 Å². The SMILES string of the molecule is C=NNC(=O)c1c(C)nc(-c2ccc(OC)cc2)nc1Nc1ccc(CN2CCNCC2)cc1. The van der Waals surface area contributed by atoms with Gasteiger partial charge in [-0.1, -0.05) is 12.1 Å². The lowest BCUT2D eigenvalue weighted by atomic mass is 10.1. The van der Waals surface area contributed by atoms with Gasteiger partial charge in [-0.2, -0.15) is 5.10 Å². The molecule has 1 aliphatic heterocycles. The lowest BCUT2D eigenvalue weighted by Crippen LogP contribution is -2.42. The molecular formula is C25H29N7O2. The number of aryl methyl sites for hydroxylation is 1. The molecule has 1 aromatic heterocycles. The molecule has 0 spiro atoms. The Labute approximate surface area is 199 Å². The molecule has 9 nitrogen and oxygen atoms in total. The maximum absolute atomic E-state index is 12.7. The third kappa shape index (κ3) is 5.56. The molecule has 2 heterocycles. The number of benzene rings is 2. The quantitative estimate of drug-likeness (QED) is 0.351. The zero-order valence-corrected chi connectivity index (χ0v) is 19.5. The number of hydrogen-bond acceptors (Lipinski definition) is 8. The fourth-order valence-corrected chi connectivity index (χ4v) is 3.89. The van der Waals surface area contributed by atoms with Crippen LogP contribution >= 0.6 is 0 Å². The minimum atomic E-state index is -0.424. The van der Waals surface area contributed by atoms with Crippen molar-refractivity contribution in [3.05, 3.63) is 65.4 Å². The molecule has 0 radical (unpaired) electrons. The average Bonchev–Trinajstić information content (AvgIpc) is 2.86. The Kier molecular flexibility index (Phi) is 7.46. The lowest BCUT2D eigenvalue weighted by molar-refractivity contribution is 0.0955. The number of hydrazone groups is 1. The third-order valence-corrected chi connectivity index (χ3v) is 5.68. The number of nitrogens with zero attached hydrogens (tertiary/aromatic N) is 4. The summed E-state index contributed by atoms with van der Waals surface area (Å²) in [5.41, 5.74) is 6.10. The first-order valence-corrected chi connectivity index (χ1v) is 11.2. The molecule has 34 heavy (non-hydrogen) atoms. The molecule has 2 aromatic carbocycles. The number of piperazine rings is 1. The number of hydrogen-bond donors (Lipinski definition) is 3. The summed E-state index contributed by atoms with van der Waals surface area (Å²) in [6, 6.07) is 15.6. The molecule has 9 heteroatoms. The zero-order valence-electron chi connectivity index (χ0n) is 19.5. The number of anilines is 2.